The fourth-order valence-electron chi connectivity index (χ4n) is 0.995. The van der Waals surface area contributed by atoms with Gasteiger partial charge in [-0.1, -0.05) is 12.2 Å². The standard InChI is InChI=1S/C13H20N2O3/c1-8(2)13(6,7)10(16)9(15-14)11(17)18-12(3,4)5/h1H2,2-7H3. The van der Waals surface area contributed by atoms with E-state index in [-0.39, 0.29) is 0 Å². The summed E-state index contributed by atoms with van der Waals surface area (Å²) in [6, 6.07) is 0. The molecule has 100 valence electrons. The molecule has 0 atom stereocenters. The molecule has 18 heavy (non-hydrogen) atoms. The first kappa shape index (κ1) is 16.3. The molecule has 0 heterocycles. The number of ketones is 1. The van der Waals surface area contributed by atoms with Gasteiger partial charge in [0.1, 0.15) is 5.60 Å². The Morgan fingerprint density at radius 3 is 1.89 bits per heavy atom. The highest BCUT2D eigenvalue weighted by Crippen LogP contribution is 2.26. The number of allylic oxidation sites excluding steroid dienone is 1. The van der Waals surface area contributed by atoms with Gasteiger partial charge in [0.05, 0.1) is 5.41 Å². The number of rotatable bonds is 4. The first-order chi connectivity index (χ1) is 7.93. The third kappa shape index (κ3) is 3.93. The highest BCUT2D eigenvalue weighted by atomic mass is 16.6. The van der Waals surface area contributed by atoms with Crippen molar-refractivity contribution in [2.45, 2.75) is 47.1 Å². The first-order valence-corrected chi connectivity index (χ1v) is 5.59. The Bertz CT molecular complexity index is 436. The second-order valence-electron chi connectivity index (χ2n) is 5.68. The predicted molar refractivity (Wildman–Crippen MR) is 68.1 cm³/mol. The van der Waals surface area contributed by atoms with Crippen molar-refractivity contribution in [3.63, 3.8) is 0 Å². The molecule has 0 aliphatic carbocycles. The number of carbonyl (C=O) groups excluding carboxylic acids is 2. The Morgan fingerprint density at radius 1 is 1.17 bits per heavy atom. The van der Waals surface area contributed by atoms with Crippen LogP contribution in [0.3, 0.4) is 0 Å². The van der Waals surface area contributed by atoms with Gasteiger partial charge < -0.3 is 10.3 Å². The lowest BCUT2D eigenvalue weighted by atomic mass is 9.80. The quantitative estimate of drug-likeness (QED) is 0.192. The van der Waals surface area contributed by atoms with Crippen LogP contribution in [0.5, 0.6) is 0 Å². The molecule has 0 aliphatic rings. The maximum atomic E-state index is 12.1. The van der Waals surface area contributed by atoms with Gasteiger partial charge in [-0.05, 0) is 41.5 Å². The molecule has 0 unspecified atom stereocenters. The smallest absolute Gasteiger partial charge is 0.442 e. The molecule has 0 radical (unpaired) electrons. The average molecular weight is 252 g/mol. The van der Waals surface area contributed by atoms with Crippen molar-refractivity contribution < 1.29 is 19.1 Å². The zero-order valence-electron chi connectivity index (χ0n) is 11.8. The van der Waals surface area contributed by atoms with E-state index in [9.17, 15) is 9.59 Å². The van der Waals surface area contributed by atoms with Crippen LogP contribution in [0.25, 0.3) is 5.53 Å². The van der Waals surface area contributed by atoms with E-state index < -0.39 is 28.5 Å². The van der Waals surface area contributed by atoms with Gasteiger partial charge in [-0.2, -0.15) is 4.79 Å². The van der Waals surface area contributed by atoms with Crippen LogP contribution in [0.15, 0.2) is 12.2 Å². The van der Waals surface area contributed by atoms with Gasteiger partial charge in [-0.25, -0.2) is 4.79 Å². The second kappa shape index (κ2) is 5.27. The lowest BCUT2D eigenvalue weighted by Gasteiger charge is -2.22. The molecule has 0 spiro atoms. The summed E-state index contributed by atoms with van der Waals surface area (Å²) in [5, 5.41) is 0. The van der Waals surface area contributed by atoms with Crippen molar-refractivity contribution in [3.8, 4) is 0 Å². The molecule has 0 N–H and O–H groups in total. The Balaban J connectivity index is 5.28. The summed E-state index contributed by atoms with van der Waals surface area (Å²) in [4.78, 5) is 26.6. The van der Waals surface area contributed by atoms with E-state index in [4.69, 9.17) is 10.3 Å². The van der Waals surface area contributed by atoms with E-state index in [2.05, 4.69) is 11.4 Å². The third-order valence-electron chi connectivity index (χ3n) is 2.54. The van der Waals surface area contributed by atoms with E-state index in [1.807, 2.05) is 0 Å². The monoisotopic (exact) mass is 252 g/mol. The molecule has 0 bridgehead atoms. The SMILES string of the molecule is C=C(C)C(C)(C)C(=O)C(=[N+]=[N-])C(=O)OC(C)(C)C. The number of Topliss-reactive ketones (excluding diaryl/α,β-unsaturated/α-hetero) is 1. The summed E-state index contributed by atoms with van der Waals surface area (Å²) in [7, 11) is 0. The maximum Gasteiger partial charge on any atom is 0.442 e. The van der Waals surface area contributed by atoms with Crippen molar-refractivity contribution in [3.05, 3.63) is 17.7 Å². The lowest BCUT2D eigenvalue weighted by Crippen LogP contribution is -2.40. The summed E-state index contributed by atoms with van der Waals surface area (Å²) in [5.41, 5.74) is 7.05. The van der Waals surface area contributed by atoms with Crippen LogP contribution in [-0.4, -0.2) is 27.9 Å². The summed E-state index contributed by atoms with van der Waals surface area (Å²) < 4.78 is 5.01. The van der Waals surface area contributed by atoms with Gasteiger partial charge >= 0.3 is 11.7 Å². The van der Waals surface area contributed by atoms with E-state index in [1.165, 1.54) is 0 Å². The highest BCUT2D eigenvalue weighted by molar-refractivity contribution is 6.63. The van der Waals surface area contributed by atoms with E-state index >= 15 is 0 Å². The Hall–Kier alpha value is -1.74. The van der Waals surface area contributed by atoms with E-state index in [0.717, 1.165) is 0 Å². The Kier molecular flexibility index (Phi) is 4.76. The van der Waals surface area contributed by atoms with Gasteiger partial charge in [0.2, 0.25) is 0 Å². The van der Waals surface area contributed by atoms with Crippen LogP contribution in [0, 0.1) is 5.41 Å². The minimum atomic E-state index is -0.988. The fraction of sp³-hybridized carbons (Fsp3) is 0.615. The van der Waals surface area contributed by atoms with Gasteiger partial charge in [0.25, 0.3) is 5.78 Å². The number of nitrogens with zero attached hydrogens (tertiary/aromatic N) is 2. The van der Waals surface area contributed by atoms with E-state index in [1.54, 1.807) is 41.5 Å². The van der Waals surface area contributed by atoms with Crippen molar-refractivity contribution >= 4 is 17.5 Å². The Labute approximate surface area is 107 Å². The van der Waals surface area contributed by atoms with Crippen LogP contribution in [0.4, 0.5) is 0 Å². The maximum absolute atomic E-state index is 12.1. The Morgan fingerprint density at radius 2 is 1.61 bits per heavy atom. The number of carbonyl (C=O) groups is 2. The second-order valence-corrected chi connectivity index (χ2v) is 5.68. The molecule has 5 heteroatoms. The first-order valence-electron chi connectivity index (χ1n) is 5.59. The summed E-state index contributed by atoms with van der Waals surface area (Å²) in [5.74, 6) is -1.56. The molecule has 0 aromatic heterocycles. The number of esters is 1. The van der Waals surface area contributed by atoms with Crippen molar-refractivity contribution in [1.29, 1.82) is 0 Å². The topological polar surface area (TPSA) is 79.8 Å². The van der Waals surface area contributed by atoms with Crippen LogP contribution in [0.2, 0.25) is 0 Å². The van der Waals surface area contributed by atoms with Gasteiger partial charge in [-0.15, -0.1) is 0 Å². The van der Waals surface area contributed by atoms with Gasteiger partial charge in [-0.3, -0.25) is 4.79 Å². The molecule has 0 saturated carbocycles. The number of hydrogen-bond donors (Lipinski definition) is 0. The molecule has 0 rings (SSSR count). The molecule has 0 aromatic carbocycles. The van der Waals surface area contributed by atoms with Crippen molar-refractivity contribution in [2.75, 3.05) is 0 Å². The van der Waals surface area contributed by atoms with Crippen LogP contribution < -0.4 is 0 Å². The lowest BCUT2D eigenvalue weighted by molar-refractivity contribution is -0.152. The molecule has 5 nitrogen and oxygen atoms in total. The zero-order valence-corrected chi connectivity index (χ0v) is 11.8. The zero-order chi connectivity index (χ0) is 14.7. The normalized spacial score (nSPS) is 11.4. The largest absolute Gasteiger partial charge is 0.451 e. The fourth-order valence-corrected chi connectivity index (χ4v) is 0.995. The van der Waals surface area contributed by atoms with Crippen molar-refractivity contribution in [1.82, 2.24) is 0 Å². The highest BCUT2D eigenvalue weighted by Gasteiger charge is 2.43. The van der Waals surface area contributed by atoms with Crippen molar-refractivity contribution in [2.24, 2.45) is 5.41 Å². The predicted octanol–water partition coefficient (Wildman–Crippen LogP) is 2.17. The molecule has 0 aliphatic heterocycles. The van der Waals surface area contributed by atoms with E-state index in [0.29, 0.717) is 5.57 Å². The molecule has 0 fully saturated rings. The molecule has 0 aromatic rings. The van der Waals surface area contributed by atoms with Gasteiger partial charge in [0.15, 0.2) is 0 Å². The minimum Gasteiger partial charge on any atom is -0.451 e. The van der Waals surface area contributed by atoms with Crippen LogP contribution in [0.1, 0.15) is 41.5 Å². The number of ether oxygens (including phenoxy) is 1. The van der Waals surface area contributed by atoms with Crippen LogP contribution in [-0.2, 0) is 14.3 Å². The molecule has 0 saturated heterocycles. The molecular formula is C13H20N2O3. The van der Waals surface area contributed by atoms with Crippen LogP contribution >= 0.6 is 0 Å². The molecular weight excluding hydrogens is 232 g/mol. The van der Waals surface area contributed by atoms with Gasteiger partial charge in [0, 0.05) is 0 Å². The third-order valence-corrected chi connectivity index (χ3v) is 2.54. The summed E-state index contributed by atoms with van der Waals surface area (Å²) in [6.07, 6.45) is 0. The summed E-state index contributed by atoms with van der Waals surface area (Å²) >= 11 is 0. The summed E-state index contributed by atoms with van der Waals surface area (Å²) in [6.45, 7) is 13.5. The minimum absolute atomic E-state index is 0.567. The number of hydrogen-bond acceptors (Lipinski definition) is 3. The average Bonchev–Trinajstić information content (AvgIpc) is 2.15. The molecule has 0 amide bonds.